The number of nitrogens with zero attached hydrogens (tertiary/aromatic N) is 1. The highest BCUT2D eigenvalue weighted by atomic mass is 35.5. The number of rotatable bonds is 7. The van der Waals surface area contributed by atoms with Crippen molar-refractivity contribution in [3.8, 4) is 11.5 Å². The third-order valence-corrected chi connectivity index (χ3v) is 5.29. The molecular formula is C21H18ClNO5S. The topological polar surface area (TPSA) is 72.9 Å². The first-order chi connectivity index (χ1) is 13.9. The first-order valence-electron chi connectivity index (χ1n) is 8.78. The SMILES string of the molecule is CCOc1ccc(/C=C2/SC(=O)N(CC(=O)c3ccc(Cl)cc3)C2=O)cc1OC. The molecule has 29 heavy (non-hydrogen) atoms. The van der Waals surface area contributed by atoms with E-state index >= 15 is 0 Å². The second kappa shape index (κ2) is 9.15. The van der Waals surface area contributed by atoms with Gasteiger partial charge in [-0.1, -0.05) is 17.7 Å². The molecule has 0 aromatic heterocycles. The number of thioether (sulfide) groups is 1. The molecule has 2 aromatic rings. The monoisotopic (exact) mass is 431 g/mol. The molecule has 0 saturated carbocycles. The van der Waals surface area contributed by atoms with Crippen molar-refractivity contribution in [2.45, 2.75) is 6.92 Å². The minimum atomic E-state index is -0.504. The number of hydrogen-bond donors (Lipinski definition) is 0. The normalized spacial score (nSPS) is 15.1. The number of carbonyl (C=O) groups excluding carboxylic acids is 3. The third-order valence-electron chi connectivity index (χ3n) is 4.13. The summed E-state index contributed by atoms with van der Waals surface area (Å²) in [6.07, 6.45) is 1.59. The molecule has 0 radical (unpaired) electrons. The van der Waals surface area contributed by atoms with Crippen molar-refractivity contribution in [1.82, 2.24) is 4.90 Å². The molecule has 2 amide bonds. The van der Waals surface area contributed by atoms with E-state index in [0.717, 1.165) is 16.7 Å². The van der Waals surface area contributed by atoms with E-state index < -0.39 is 11.1 Å². The van der Waals surface area contributed by atoms with Gasteiger partial charge in [0.25, 0.3) is 11.1 Å². The van der Waals surface area contributed by atoms with Crippen molar-refractivity contribution in [1.29, 1.82) is 0 Å². The average molecular weight is 432 g/mol. The summed E-state index contributed by atoms with van der Waals surface area (Å²) in [6, 6.07) is 11.5. The summed E-state index contributed by atoms with van der Waals surface area (Å²) in [5.41, 5.74) is 1.06. The Balaban J connectivity index is 1.77. The lowest BCUT2D eigenvalue weighted by molar-refractivity contribution is -0.122. The lowest BCUT2D eigenvalue weighted by Gasteiger charge is -2.11. The zero-order valence-electron chi connectivity index (χ0n) is 15.8. The number of carbonyl (C=O) groups is 3. The van der Waals surface area contributed by atoms with Gasteiger partial charge in [-0.05, 0) is 66.7 Å². The zero-order chi connectivity index (χ0) is 21.0. The van der Waals surface area contributed by atoms with Crippen molar-refractivity contribution in [2.24, 2.45) is 0 Å². The average Bonchev–Trinajstić information content (AvgIpc) is 2.97. The molecule has 0 unspecified atom stereocenters. The van der Waals surface area contributed by atoms with Gasteiger partial charge in [-0.25, -0.2) is 0 Å². The van der Waals surface area contributed by atoms with E-state index in [1.165, 1.54) is 7.11 Å². The fourth-order valence-corrected chi connectivity index (χ4v) is 3.67. The maximum absolute atomic E-state index is 12.7. The van der Waals surface area contributed by atoms with Gasteiger partial charge in [0.15, 0.2) is 17.3 Å². The third kappa shape index (κ3) is 4.81. The molecule has 1 aliphatic rings. The predicted octanol–water partition coefficient (Wildman–Crippen LogP) is 4.67. The fraction of sp³-hybridized carbons (Fsp3) is 0.190. The molecule has 1 saturated heterocycles. The first-order valence-corrected chi connectivity index (χ1v) is 9.97. The van der Waals surface area contributed by atoms with Crippen LogP contribution in [0.4, 0.5) is 4.79 Å². The van der Waals surface area contributed by atoms with Gasteiger partial charge in [0.1, 0.15) is 0 Å². The second-order valence-corrected chi connectivity index (χ2v) is 7.47. The summed E-state index contributed by atoms with van der Waals surface area (Å²) >= 11 is 6.62. The Morgan fingerprint density at radius 2 is 1.86 bits per heavy atom. The first kappa shape index (κ1) is 21.0. The van der Waals surface area contributed by atoms with Crippen molar-refractivity contribution < 1.29 is 23.9 Å². The van der Waals surface area contributed by atoms with Gasteiger partial charge < -0.3 is 9.47 Å². The number of hydrogen-bond acceptors (Lipinski definition) is 6. The van der Waals surface area contributed by atoms with Gasteiger partial charge in [0.2, 0.25) is 0 Å². The Hall–Kier alpha value is -2.77. The molecule has 1 fully saturated rings. The lowest BCUT2D eigenvalue weighted by Crippen LogP contribution is -2.33. The summed E-state index contributed by atoms with van der Waals surface area (Å²) in [5.74, 6) is 0.273. The molecule has 0 atom stereocenters. The van der Waals surface area contributed by atoms with Crippen molar-refractivity contribution in [2.75, 3.05) is 20.3 Å². The molecule has 3 rings (SSSR count). The smallest absolute Gasteiger partial charge is 0.293 e. The number of amides is 2. The van der Waals surface area contributed by atoms with Crippen LogP contribution < -0.4 is 9.47 Å². The summed E-state index contributed by atoms with van der Waals surface area (Å²) in [7, 11) is 1.53. The number of halogens is 1. The molecule has 2 aromatic carbocycles. The minimum absolute atomic E-state index is 0.241. The number of ether oxygens (including phenoxy) is 2. The van der Waals surface area contributed by atoms with Crippen LogP contribution in [0, 0.1) is 0 Å². The van der Waals surface area contributed by atoms with Crippen LogP contribution in [0.1, 0.15) is 22.8 Å². The molecule has 0 N–H and O–H groups in total. The maximum Gasteiger partial charge on any atom is 0.293 e. The van der Waals surface area contributed by atoms with Crippen LogP contribution in [0.25, 0.3) is 6.08 Å². The highest BCUT2D eigenvalue weighted by molar-refractivity contribution is 8.18. The van der Waals surface area contributed by atoms with Gasteiger partial charge in [-0.3, -0.25) is 19.3 Å². The molecule has 0 bridgehead atoms. The van der Waals surface area contributed by atoms with Crippen LogP contribution in [0.2, 0.25) is 5.02 Å². The highest BCUT2D eigenvalue weighted by Gasteiger charge is 2.36. The molecule has 0 spiro atoms. The number of imide groups is 1. The summed E-state index contributed by atoms with van der Waals surface area (Å²) < 4.78 is 10.8. The Bertz CT molecular complexity index is 987. The van der Waals surface area contributed by atoms with E-state index in [0.29, 0.717) is 34.3 Å². The number of benzene rings is 2. The Kier molecular flexibility index (Phi) is 6.61. The van der Waals surface area contributed by atoms with E-state index in [9.17, 15) is 14.4 Å². The van der Waals surface area contributed by atoms with Crippen LogP contribution in [-0.4, -0.2) is 42.1 Å². The van der Waals surface area contributed by atoms with Crippen LogP contribution in [-0.2, 0) is 4.79 Å². The van der Waals surface area contributed by atoms with E-state index in [1.807, 2.05) is 6.92 Å². The summed E-state index contributed by atoms with van der Waals surface area (Å²) in [5, 5.41) is 0.0166. The van der Waals surface area contributed by atoms with E-state index in [-0.39, 0.29) is 17.2 Å². The summed E-state index contributed by atoms with van der Waals surface area (Å²) in [4.78, 5) is 38.5. The standard InChI is InChI=1S/C21H18ClNO5S/c1-3-28-17-9-4-13(10-18(17)27-2)11-19-20(25)23(21(26)29-19)12-16(24)14-5-7-15(22)8-6-14/h4-11H,3,12H2,1-2H3/b19-11+. The van der Waals surface area contributed by atoms with Gasteiger partial charge in [0, 0.05) is 10.6 Å². The minimum Gasteiger partial charge on any atom is -0.493 e. The van der Waals surface area contributed by atoms with Gasteiger partial charge in [0.05, 0.1) is 25.2 Å². The lowest BCUT2D eigenvalue weighted by atomic mass is 10.1. The Morgan fingerprint density at radius 3 is 2.52 bits per heavy atom. The second-order valence-electron chi connectivity index (χ2n) is 6.04. The Labute approximate surface area is 177 Å². The molecule has 1 aliphatic heterocycles. The van der Waals surface area contributed by atoms with Crippen molar-refractivity contribution in [3.63, 3.8) is 0 Å². The molecule has 6 nitrogen and oxygen atoms in total. The molecule has 0 aliphatic carbocycles. The predicted molar refractivity (Wildman–Crippen MR) is 113 cm³/mol. The largest absolute Gasteiger partial charge is 0.493 e. The van der Waals surface area contributed by atoms with Crippen LogP contribution in [0.5, 0.6) is 11.5 Å². The fourth-order valence-electron chi connectivity index (χ4n) is 2.71. The number of ketones is 1. The number of Topliss-reactive ketones (excluding diaryl/α,β-unsaturated/α-hetero) is 1. The van der Waals surface area contributed by atoms with Gasteiger partial charge in [-0.15, -0.1) is 0 Å². The highest BCUT2D eigenvalue weighted by Crippen LogP contribution is 2.34. The molecule has 150 valence electrons. The van der Waals surface area contributed by atoms with Crippen molar-refractivity contribution >= 4 is 46.4 Å². The summed E-state index contributed by atoms with van der Waals surface area (Å²) in [6.45, 7) is 2.04. The number of methoxy groups -OCH3 is 1. The van der Waals surface area contributed by atoms with Crippen LogP contribution in [0.3, 0.4) is 0 Å². The van der Waals surface area contributed by atoms with E-state index in [1.54, 1.807) is 48.5 Å². The Morgan fingerprint density at radius 1 is 1.14 bits per heavy atom. The van der Waals surface area contributed by atoms with Crippen LogP contribution in [0.15, 0.2) is 47.4 Å². The van der Waals surface area contributed by atoms with Crippen molar-refractivity contribution in [3.05, 3.63) is 63.5 Å². The van der Waals surface area contributed by atoms with E-state index in [4.69, 9.17) is 21.1 Å². The molecular weight excluding hydrogens is 414 g/mol. The molecule has 1 heterocycles. The maximum atomic E-state index is 12.7. The quantitative estimate of drug-likeness (QED) is 0.468. The van der Waals surface area contributed by atoms with Gasteiger partial charge in [-0.2, -0.15) is 0 Å². The van der Waals surface area contributed by atoms with Gasteiger partial charge >= 0.3 is 0 Å². The molecule has 8 heteroatoms. The van der Waals surface area contributed by atoms with E-state index in [2.05, 4.69) is 0 Å². The zero-order valence-corrected chi connectivity index (χ0v) is 17.4. The van der Waals surface area contributed by atoms with Crippen LogP contribution >= 0.6 is 23.4 Å².